The number of ketones is 1. The van der Waals surface area contributed by atoms with Crippen LogP contribution in [0, 0.1) is 0 Å². The molecule has 5 N–H and O–H groups in total. The molecule has 0 aliphatic carbocycles. The van der Waals surface area contributed by atoms with Crippen molar-refractivity contribution in [1.82, 2.24) is 35.5 Å². The molecule has 4 heterocycles. The molecule has 312 valence electrons. The highest BCUT2D eigenvalue weighted by Crippen LogP contribution is 2.41. The first kappa shape index (κ1) is 41.5. The molecule has 0 spiro atoms. The Morgan fingerprint density at radius 1 is 0.900 bits per heavy atom. The maximum atomic E-state index is 13.7. The quantitative estimate of drug-likeness (QED) is 0.0618. The van der Waals surface area contributed by atoms with Gasteiger partial charge in [0.15, 0.2) is 11.6 Å². The second-order valence-corrected chi connectivity index (χ2v) is 16.1. The van der Waals surface area contributed by atoms with E-state index < -0.39 is 41.1 Å². The smallest absolute Gasteiger partial charge is 0.319 e. The number of aromatic amines is 1. The van der Waals surface area contributed by atoms with Crippen LogP contribution < -0.4 is 21.3 Å². The van der Waals surface area contributed by atoms with E-state index in [1.54, 1.807) is 47.4 Å². The lowest BCUT2D eigenvalue weighted by Crippen LogP contribution is -2.54. The number of fused-ring (bicyclic) bond motifs is 2. The van der Waals surface area contributed by atoms with Crippen molar-refractivity contribution in [2.75, 3.05) is 37.8 Å². The number of imide groups is 2. The first-order chi connectivity index (χ1) is 28.7. The summed E-state index contributed by atoms with van der Waals surface area (Å²) < 4.78 is 0. The van der Waals surface area contributed by atoms with Crippen molar-refractivity contribution in [2.24, 2.45) is 0 Å². The minimum atomic E-state index is -1.04. The number of piperidine rings is 1. The molecule has 7 amide bonds. The van der Waals surface area contributed by atoms with E-state index in [4.69, 9.17) is 0 Å². The Kier molecular flexibility index (Phi) is 11.9. The van der Waals surface area contributed by atoms with Gasteiger partial charge in [-0.2, -0.15) is 5.10 Å². The topological polar surface area (TPSA) is 206 Å². The predicted octanol–water partition coefficient (Wildman–Crippen LogP) is 4.98. The third-order valence-corrected chi connectivity index (χ3v) is 11.3. The van der Waals surface area contributed by atoms with Crippen LogP contribution in [-0.4, -0.2) is 99.5 Å². The van der Waals surface area contributed by atoms with Gasteiger partial charge in [-0.3, -0.25) is 44.1 Å². The van der Waals surface area contributed by atoms with Crippen molar-refractivity contribution in [2.45, 2.75) is 76.5 Å². The molecule has 2 atom stereocenters. The van der Waals surface area contributed by atoms with Crippen molar-refractivity contribution in [3.05, 3.63) is 112 Å². The first-order valence-corrected chi connectivity index (χ1v) is 20.1. The minimum absolute atomic E-state index is 0.0469. The molecule has 0 radical (unpaired) electrons. The Labute approximate surface area is 347 Å². The second kappa shape index (κ2) is 17.3. The Morgan fingerprint density at radius 2 is 1.63 bits per heavy atom. The van der Waals surface area contributed by atoms with Crippen molar-refractivity contribution >= 4 is 52.9 Å². The number of amides is 7. The summed E-state index contributed by atoms with van der Waals surface area (Å²) in [5, 5.41) is 18.9. The number of rotatable bonds is 15. The fourth-order valence-corrected chi connectivity index (χ4v) is 8.06. The summed E-state index contributed by atoms with van der Waals surface area (Å²) in [5.74, 6) is -2.34. The molecule has 16 heteroatoms. The van der Waals surface area contributed by atoms with Crippen LogP contribution in [0.2, 0.25) is 0 Å². The van der Waals surface area contributed by atoms with Crippen LogP contribution in [0.15, 0.2) is 72.8 Å². The normalized spacial score (nSPS) is 17.3. The minimum Gasteiger partial charge on any atom is -0.384 e. The first-order valence-electron chi connectivity index (χ1n) is 20.1. The standard InChI is InChI=1S/C44H49N9O7/c1-44(2)37-30(24-52(44)43(60)46-32(25-51(3)4)26-12-7-5-8-13-26)38(50-49-37)48-39(56)28-19-17-27(18-20-28)34(54)16-9-6-10-23-45-31-15-11-14-29-36(31)42(59)53(41(29)58)33-21-22-35(55)47-40(33)57/h5,7-8,11-15,17-20,32-33,45H,6,9-10,16,21-25H2,1-4H3,(H,46,60)(H,47,55,57)(H2,48,49,50,56)/t32-,33?/m1/s1. The van der Waals surface area contributed by atoms with Gasteiger partial charge < -0.3 is 25.8 Å². The summed E-state index contributed by atoms with van der Waals surface area (Å²) >= 11 is 0. The van der Waals surface area contributed by atoms with Crippen molar-refractivity contribution < 1.29 is 33.6 Å². The van der Waals surface area contributed by atoms with Gasteiger partial charge in [-0.1, -0.05) is 55.0 Å². The number of Topliss-reactive ketones (excluding diaryl/α,β-unsaturated/α-hetero) is 1. The predicted molar refractivity (Wildman–Crippen MR) is 222 cm³/mol. The number of H-pyrrole nitrogens is 1. The van der Waals surface area contributed by atoms with Gasteiger partial charge in [0, 0.05) is 48.3 Å². The molecular weight excluding hydrogens is 767 g/mol. The maximum Gasteiger partial charge on any atom is 0.319 e. The van der Waals surface area contributed by atoms with Gasteiger partial charge in [0.2, 0.25) is 11.8 Å². The summed E-state index contributed by atoms with van der Waals surface area (Å²) in [4.78, 5) is 95.2. The van der Waals surface area contributed by atoms with Gasteiger partial charge in [0.1, 0.15) is 6.04 Å². The van der Waals surface area contributed by atoms with Crippen LogP contribution in [0.3, 0.4) is 0 Å². The number of aromatic nitrogens is 2. The molecule has 7 rings (SSSR count). The number of anilines is 2. The zero-order chi connectivity index (χ0) is 42.7. The zero-order valence-electron chi connectivity index (χ0n) is 34.1. The van der Waals surface area contributed by atoms with E-state index in [2.05, 4.69) is 31.5 Å². The Morgan fingerprint density at radius 3 is 2.35 bits per heavy atom. The molecule has 0 saturated carbocycles. The molecule has 1 fully saturated rings. The van der Waals surface area contributed by atoms with Gasteiger partial charge in [0.25, 0.3) is 17.7 Å². The van der Waals surface area contributed by atoms with Crippen LogP contribution in [0.5, 0.6) is 0 Å². The van der Waals surface area contributed by atoms with E-state index in [0.717, 1.165) is 28.1 Å². The number of likely N-dealkylation sites (N-methyl/N-ethyl adjacent to an activating group) is 1. The summed E-state index contributed by atoms with van der Waals surface area (Å²) in [6, 6.07) is 19.7. The van der Waals surface area contributed by atoms with Gasteiger partial charge in [-0.05, 0) is 77.0 Å². The zero-order valence-corrected chi connectivity index (χ0v) is 34.1. The summed E-state index contributed by atoms with van der Waals surface area (Å²) in [7, 11) is 3.92. The lowest BCUT2D eigenvalue weighted by Gasteiger charge is -2.34. The van der Waals surface area contributed by atoms with E-state index in [0.29, 0.717) is 55.0 Å². The van der Waals surface area contributed by atoms with Crippen molar-refractivity contribution in [3.63, 3.8) is 0 Å². The van der Waals surface area contributed by atoms with E-state index in [1.165, 1.54) is 0 Å². The Bertz CT molecular complexity index is 2340. The molecule has 1 aromatic heterocycles. The van der Waals surface area contributed by atoms with Crippen LogP contribution >= 0.6 is 0 Å². The number of carbonyl (C=O) groups excluding carboxylic acids is 7. The average molecular weight is 816 g/mol. The fourth-order valence-electron chi connectivity index (χ4n) is 8.06. The lowest BCUT2D eigenvalue weighted by atomic mass is 10.0. The van der Waals surface area contributed by atoms with Crippen molar-refractivity contribution in [3.8, 4) is 0 Å². The molecule has 60 heavy (non-hydrogen) atoms. The number of urea groups is 1. The fraction of sp³-hybridized carbons (Fsp3) is 0.364. The monoisotopic (exact) mass is 815 g/mol. The largest absolute Gasteiger partial charge is 0.384 e. The van der Waals surface area contributed by atoms with E-state index in [-0.39, 0.29) is 48.4 Å². The number of benzene rings is 3. The van der Waals surface area contributed by atoms with Gasteiger partial charge in [-0.25, -0.2) is 4.79 Å². The summed E-state index contributed by atoms with van der Waals surface area (Å²) in [6.45, 7) is 5.21. The highest BCUT2D eigenvalue weighted by atomic mass is 16.2. The molecule has 1 saturated heterocycles. The second-order valence-electron chi connectivity index (χ2n) is 16.1. The van der Waals surface area contributed by atoms with Gasteiger partial charge >= 0.3 is 6.03 Å². The van der Waals surface area contributed by atoms with E-state index in [1.807, 2.05) is 63.2 Å². The maximum absolute atomic E-state index is 13.7. The van der Waals surface area contributed by atoms with E-state index in [9.17, 15) is 33.6 Å². The third kappa shape index (κ3) is 8.41. The molecule has 4 aromatic rings. The number of unbranched alkanes of at least 4 members (excludes halogenated alkanes) is 2. The number of hydrogen-bond donors (Lipinski definition) is 5. The number of nitrogens with one attached hydrogen (secondary N) is 5. The lowest BCUT2D eigenvalue weighted by molar-refractivity contribution is -0.136. The highest BCUT2D eigenvalue weighted by molar-refractivity contribution is 6.25. The molecule has 3 aromatic carbocycles. The Hall–Kier alpha value is -6.68. The van der Waals surface area contributed by atoms with Crippen molar-refractivity contribution in [1.29, 1.82) is 0 Å². The van der Waals surface area contributed by atoms with Crippen LogP contribution in [0.4, 0.5) is 16.3 Å². The molecule has 3 aliphatic rings. The molecular formula is C44H49N9O7. The number of nitrogens with zero attached hydrogens (tertiary/aromatic N) is 4. The van der Waals surface area contributed by atoms with Crippen LogP contribution in [0.1, 0.15) is 117 Å². The molecule has 1 unspecified atom stereocenters. The SMILES string of the molecule is CN(C)C[C@@H](NC(=O)N1Cc2c(NC(=O)c3ccc(C(=O)CCCCCNc4cccc5c4C(=O)N(C4CCC(=O)NC4=O)C5=O)cc3)n[nH]c2C1(C)C)c1ccccc1. The molecule has 16 nitrogen and oxygen atoms in total. The van der Waals surface area contributed by atoms with E-state index >= 15 is 0 Å². The number of carbonyl (C=O) groups is 7. The van der Waals surface area contributed by atoms with Crippen LogP contribution in [-0.2, 0) is 21.7 Å². The highest BCUT2D eigenvalue weighted by Gasteiger charge is 2.46. The molecule has 3 aliphatic heterocycles. The number of hydrogen-bond acceptors (Lipinski definition) is 10. The van der Waals surface area contributed by atoms with Gasteiger partial charge in [0.05, 0.1) is 34.9 Å². The average Bonchev–Trinajstić information content (AvgIpc) is 3.84. The summed E-state index contributed by atoms with van der Waals surface area (Å²) in [6.07, 6.45) is 2.47. The Balaban J connectivity index is 0.875. The van der Waals surface area contributed by atoms with Gasteiger partial charge in [-0.15, -0.1) is 0 Å². The summed E-state index contributed by atoms with van der Waals surface area (Å²) in [5.41, 5.74) is 3.47. The van der Waals surface area contributed by atoms with Crippen LogP contribution in [0.25, 0.3) is 0 Å². The molecule has 0 bridgehead atoms. The third-order valence-electron chi connectivity index (χ3n) is 11.3.